The first kappa shape index (κ1) is 23.1. The maximum absolute atomic E-state index is 12.3. The fraction of sp³-hybridized carbons (Fsp3) is 0.214. The smallest absolute Gasteiger partial charge is 0.412 e. The molecule has 6 nitrogen and oxygen atoms in total. The topological polar surface area (TPSA) is 72.5 Å². The van der Waals surface area contributed by atoms with Crippen LogP contribution >= 0.6 is 0 Å². The summed E-state index contributed by atoms with van der Waals surface area (Å²) in [7, 11) is 0. The van der Waals surface area contributed by atoms with Crippen LogP contribution in [0.3, 0.4) is 0 Å². The van der Waals surface area contributed by atoms with Crippen LogP contribution in [0, 0.1) is 13.8 Å². The van der Waals surface area contributed by atoms with E-state index in [1.807, 2.05) is 69.3 Å². The molecule has 3 aromatic carbocycles. The number of ether oxygens (including phenoxy) is 2. The third-order valence-corrected chi connectivity index (χ3v) is 4.97. The Labute approximate surface area is 199 Å². The summed E-state index contributed by atoms with van der Waals surface area (Å²) in [6.07, 6.45) is 1.21. The molecule has 34 heavy (non-hydrogen) atoms. The average molecular weight is 456 g/mol. The fourth-order valence-electron chi connectivity index (χ4n) is 3.75. The number of rotatable bonds is 5. The van der Waals surface area contributed by atoms with Crippen LogP contribution in [0.25, 0.3) is 10.8 Å². The van der Waals surface area contributed by atoms with Gasteiger partial charge in [0, 0.05) is 28.7 Å². The highest BCUT2D eigenvalue weighted by Crippen LogP contribution is 2.35. The maximum atomic E-state index is 12.3. The first-order valence-corrected chi connectivity index (χ1v) is 11.2. The molecule has 0 radical (unpaired) electrons. The van der Waals surface area contributed by atoms with Gasteiger partial charge in [0.25, 0.3) is 0 Å². The third kappa shape index (κ3) is 5.84. The number of amides is 1. The van der Waals surface area contributed by atoms with Gasteiger partial charge < -0.3 is 14.8 Å². The van der Waals surface area contributed by atoms with Crippen LogP contribution in [0.1, 0.15) is 31.9 Å². The molecule has 0 saturated carbocycles. The van der Waals surface area contributed by atoms with Crippen LogP contribution in [0.15, 0.2) is 72.9 Å². The third-order valence-electron chi connectivity index (χ3n) is 4.97. The Morgan fingerprint density at radius 2 is 1.59 bits per heavy atom. The first-order valence-electron chi connectivity index (χ1n) is 11.2. The lowest BCUT2D eigenvalue weighted by molar-refractivity contribution is 0.0636. The Balaban J connectivity index is 1.58. The fourth-order valence-corrected chi connectivity index (χ4v) is 3.75. The van der Waals surface area contributed by atoms with E-state index >= 15 is 0 Å². The second-order valence-electron chi connectivity index (χ2n) is 9.26. The highest BCUT2D eigenvalue weighted by molar-refractivity contribution is 6.02. The van der Waals surface area contributed by atoms with E-state index in [9.17, 15) is 4.79 Å². The molecule has 174 valence electrons. The molecule has 0 aliphatic heterocycles. The molecule has 0 atom stereocenters. The van der Waals surface area contributed by atoms with Gasteiger partial charge in [-0.2, -0.15) is 0 Å². The van der Waals surface area contributed by atoms with Crippen molar-refractivity contribution in [3.63, 3.8) is 0 Å². The van der Waals surface area contributed by atoms with E-state index < -0.39 is 11.7 Å². The summed E-state index contributed by atoms with van der Waals surface area (Å²) in [4.78, 5) is 16.7. The number of pyridine rings is 1. The highest BCUT2D eigenvalue weighted by atomic mass is 16.6. The first-order chi connectivity index (χ1) is 16.2. The van der Waals surface area contributed by atoms with Crippen molar-refractivity contribution in [2.75, 3.05) is 10.6 Å². The Kier molecular flexibility index (Phi) is 6.41. The van der Waals surface area contributed by atoms with Crippen LogP contribution in [0.4, 0.5) is 22.0 Å². The Bertz CT molecular complexity index is 1320. The largest absolute Gasteiger partial charge is 0.457 e. The number of benzene rings is 3. The van der Waals surface area contributed by atoms with Crippen molar-refractivity contribution in [2.24, 2.45) is 0 Å². The number of carbonyl (C=O) groups is 1. The Hall–Kier alpha value is -4.06. The van der Waals surface area contributed by atoms with E-state index in [-0.39, 0.29) is 0 Å². The van der Waals surface area contributed by atoms with Crippen molar-refractivity contribution in [2.45, 2.75) is 40.2 Å². The molecule has 0 spiro atoms. The van der Waals surface area contributed by atoms with Gasteiger partial charge in [-0.3, -0.25) is 5.32 Å². The molecule has 4 aromatic rings. The van der Waals surface area contributed by atoms with E-state index in [4.69, 9.17) is 9.47 Å². The number of aromatic nitrogens is 1. The lowest BCUT2D eigenvalue weighted by Crippen LogP contribution is -2.27. The van der Waals surface area contributed by atoms with Gasteiger partial charge in [-0.05, 0) is 76.1 Å². The zero-order valence-corrected chi connectivity index (χ0v) is 20.1. The summed E-state index contributed by atoms with van der Waals surface area (Å²) < 4.78 is 11.6. The number of nitrogens with one attached hydrogen (secondary N) is 2. The van der Waals surface area contributed by atoms with E-state index in [0.29, 0.717) is 23.0 Å². The van der Waals surface area contributed by atoms with Crippen LogP contribution in [0.2, 0.25) is 0 Å². The Morgan fingerprint density at radius 1 is 0.882 bits per heavy atom. The molecule has 1 amide bonds. The van der Waals surface area contributed by atoms with Gasteiger partial charge in [-0.15, -0.1) is 0 Å². The zero-order valence-electron chi connectivity index (χ0n) is 20.1. The molecule has 0 aliphatic carbocycles. The van der Waals surface area contributed by atoms with Gasteiger partial charge in [-0.1, -0.05) is 30.3 Å². The van der Waals surface area contributed by atoms with Gasteiger partial charge in [0.15, 0.2) is 0 Å². The van der Waals surface area contributed by atoms with Crippen LogP contribution in [-0.2, 0) is 4.74 Å². The summed E-state index contributed by atoms with van der Waals surface area (Å²) in [6.45, 7) is 9.63. The summed E-state index contributed by atoms with van der Waals surface area (Å²) in [5.41, 5.74) is 3.42. The van der Waals surface area contributed by atoms with Crippen LogP contribution in [0.5, 0.6) is 11.5 Å². The molecule has 0 fully saturated rings. The minimum atomic E-state index is -0.576. The average Bonchev–Trinajstić information content (AvgIpc) is 2.74. The van der Waals surface area contributed by atoms with Gasteiger partial charge in [0.2, 0.25) is 0 Å². The minimum Gasteiger partial charge on any atom is -0.457 e. The van der Waals surface area contributed by atoms with E-state index in [2.05, 4.69) is 47.7 Å². The second-order valence-corrected chi connectivity index (χ2v) is 9.26. The second kappa shape index (κ2) is 9.43. The van der Waals surface area contributed by atoms with Gasteiger partial charge in [-0.25, -0.2) is 9.78 Å². The number of nitrogens with zero attached hydrogens (tertiary/aromatic N) is 1. The molecule has 2 N–H and O–H groups in total. The molecule has 6 heteroatoms. The van der Waals surface area contributed by atoms with Crippen LogP contribution < -0.4 is 15.4 Å². The van der Waals surface area contributed by atoms with Gasteiger partial charge in [0.05, 0.1) is 5.69 Å². The van der Waals surface area contributed by atoms with E-state index in [0.717, 1.165) is 16.5 Å². The van der Waals surface area contributed by atoms with Crippen molar-refractivity contribution >= 4 is 34.1 Å². The van der Waals surface area contributed by atoms with E-state index in [1.54, 1.807) is 6.20 Å². The van der Waals surface area contributed by atoms with Crippen molar-refractivity contribution in [3.8, 4) is 11.5 Å². The quantitative estimate of drug-likeness (QED) is 0.322. The van der Waals surface area contributed by atoms with Crippen molar-refractivity contribution < 1.29 is 14.3 Å². The number of aryl methyl sites for hydroxylation is 2. The van der Waals surface area contributed by atoms with Crippen LogP contribution in [-0.4, -0.2) is 16.7 Å². The number of hydrogen-bond acceptors (Lipinski definition) is 5. The predicted molar refractivity (Wildman–Crippen MR) is 137 cm³/mol. The summed E-state index contributed by atoms with van der Waals surface area (Å²) in [5, 5.41) is 7.91. The number of anilines is 3. The highest BCUT2D eigenvalue weighted by Gasteiger charge is 2.17. The molecule has 0 aliphatic rings. The van der Waals surface area contributed by atoms with Crippen molar-refractivity contribution in [1.29, 1.82) is 0 Å². The standard InChI is InChI=1S/C28H29N3O3/c1-18-14-19(2)16-20(15-18)30-26-17-21(12-13-29-26)33-25-11-10-24(22-8-6-7-9-23(22)25)31-27(32)34-28(3,4)5/h6-17H,1-5H3,(H,29,30)(H,31,32). The molecule has 0 saturated heterocycles. The maximum Gasteiger partial charge on any atom is 0.412 e. The number of fused-ring (bicyclic) bond motifs is 1. The monoisotopic (exact) mass is 455 g/mol. The number of carbonyl (C=O) groups excluding carboxylic acids is 1. The molecule has 1 heterocycles. The summed E-state index contributed by atoms with van der Waals surface area (Å²) in [6, 6.07) is 21.4. The summed E-state index contributed by atoms with van der Waals surface area (Å²) >= 11 is 0. The molecule has 0 unspecified atom stereocenters. The molecular weight excluding hydrogens is 426 g/mol. The molecule has 1 aromatic heterocycles. The SMILES string of the molecule is Cc1cc(C)cc(Nc2cc(Oc3ccc(NC(=O)OC(C)(C)C)c4ccccc34)ccn2)c1. The molecule has 4 rings (SSSR count). The minimum absolute atomic E-state index is 0.498. The van der Waals surface area contributed by atoms with Gasteiger partial charge >= 0.3 is 6.09 Å². The van der Waals surface area contributed by atoms with Gasteiger partial charge in [0.1, 0.15) is 22.9 Å². The zero-order chi connectivity index (χ0) is 24.3. The number of hydrogen-bond donors (Lipinski definition) is 2. The van der Waals surface area contributed by atoms with Crippen molar-refractivity contribution in [3.05, 3.63) is 84.1 Å². The lowest BCUT2D eigenvalue weighted by atomic mass is 10.1. The summed E-state index contributed by atoms with van der Waals surface area (Å²) in [5.74, 6) is 2.02. The predicted octanol–water partition coefficient (Wildman–Crippen LogP) is 7.73. The van der Waals surface area contributed by atoms with Crippen molar-refractivity contribution in [1.82, 2.24) is 4.98 Å². The Morgan fingerprint density at radius 3 is 2.29 bits per heavy atom. The lowest BCUT2D eigenvalue weighted by Gasteiger charge is -2.20. The van der Waals surface area contributed by atoms with E-state index in [1.165, 1.54) is 11.1 Å². The molecule has 0 bridgehead atoms. The molecular formula is C28H29N3O3. The normalized spacial score (nSPS) is 11.2.